The maximum Gasteiger partial charge on any atom is 0.271 e. The Bertz CT molecular complexity index is 831. The molecule has 1 atom stereocenters. The van der Waals surface area contributed by atoms with E-state index in [1.807, 2.05) is 25.1 Å². The summed E-state index contributed by atoms with van der Waals surface area (Å²) in [5.74, 6) is 0.586. The summed E-state index contributed by atoms with van der Waals surface area (Å²) in [6.07, 6.45) is -0.743. The number of amides is 1. The van der Waals surface area contributed by atoms with E-state index in [0.29, 0.717) is 11.4 Å². The van der Waals surface area contributed by atoms with Crippen LogP contribution < -0.4 is 10.1 Å². The minimum Gasteiger partial charge on any atom is -0.481 e. The topological polar surface area (TPSA) is 81.5 Å². The van der Waals surface area contributed by atoms with Gasteiger partial charge in [0.15, 0.2) is 6.10 Å². The third kappa shape index (κ3) is 4.59. The number of nitrogens with zero attached hydrogens (tertiary/aromatic N) is 1. The van der Waals surface area contributed by atoms with Crippen molar-refractivity contribution in [2.75, 3.05) is 5.32 Å². The van der Waals surface area contributed by atoms with Gasteiger partial charge in [-0.2, -0.15) is 0 Å². The van der Waals surface area contributed by atoms with Crippen molar-refractivity contribution in [3.63, 3.8) is 0 Å². The molecule has 6 nitrogen and oxygen atoms in total. The van der Waals surface area contributed by atoms with E-state index >= 15 is 0 Å². The molecule has 0 aliphatic rings. The number of carbonyl (C=O) groups excluding carboxylic acids is 1. The normalized spacial score (nSPS) is 11.9. The molecule has 138 valence electrons. The van der Waals surface area contributed by atoms with Crippen molar-refractivity contribution in [2.24, 2.45) is 0 Å². The van der Waals surface area contributed by atoms with Gasteiger partial charge in [0.05, 0.1) is 10.6 Å². The van der Waals surface area contributed by atoms with Crippen molar-refractivity contribution in [1.29, 1.82) is 0 Å². The first-order chi connectivity index (χ1) is 12.2. The van der Waals surface area contributed by atoms with Gasteiger partial charge in [0, 0.05) is 12.1 Å². The number of nitro groups is 1. The van der Waals surface area contributed by atoms with Gasteiger partial charge < -0.3 is 10.1 Å². The van der Waals surface area contributed by atoms with E-state index in [1.165, 1.54) is 12.1 Å². The number of non-ortho nitro benzene ring substituents is 1. The number of hydrogen-bond acceptors (Lipinski definition) is 4. The number of aryl methyl sites for hydroxylation is 2. The van der Waals surface area contributed by atoms with E-state index in [0.717, 1.165) is 16.7 Å². The van der Waals surface area contributed by atoms with Crippen molar-refractivity contribution >= 4 is 17.3 Å². The van der Waals surface area contributed by atoms with Gasteiger partial charge in [-0.1, -0.05) is 32.0 Å². The Balaban J connectivity index is 2.18. The second-order valence-electron chi connectivity index (χ2n) is 6.70. The fourth-order valence-corrected chi connectivity index (χ4v) is 2.56. The zero-order chi connectivity index (χ0) is 19.4. The second kappa shape index (κ2) is 7.99. The van der Waals surface area contributed by atoms with Crippen LogP contribution in [0.4, 0.5) is 11.4 Å². The maximum absolute atomic E-state index is 12.5. The lowest BCUT2D eigenvalue weighted by Crippen LogP contribution is -2.30. The van der Waals surface area contributed by atoms with Crippen LogP contribution in [-0.4, -0.2) is 16.9 Å². The molecule has 0 aromatic heterocycles. The predicted octanol–water partition coefficient (Wildman–Crippen LogP) is 4.74. The van der Waals surface area contributed by atoms with E-state index in [-0.39, 0.29) is 17.5 Å². The molecular formula is C20H24N2O4. The summed E-state index contributed by atoms with van der Waals surface area (Å²) in [6, 6.07) is 10.3. The lowest BCUT2D eigenvalue weighted by molar-refractivity contribution is -0.384. The fraction of sp³-hybridized carbons (Fsp3) is 0.350. The summed E-state index contributed by atoms with van der Waals surface area (Å²) in [4.78, 5) is 22.9. The Kier molecular flexibility index (Phi) is 5.97. The average Bonchev–Trinajstić information content (AvgIpc) is 2.56. The summed E-state index contributed by atoms with van der Waals surface area (Å²) >= 11 is 0. The van der Waals surface area contributed by atoms with Crippen LogP contribution in [0.25, 0.3) is 0 Å². The van der Waals surface area contributed by atoms with Gasteiger partial charge in [-0.3, -0.25) is 14.9 Å². The first-order valence-electron chi connectivity index (χ1n) is 8.52. The van der Waals surface area contributed by atoms with Gasteiger partial charge in [0.25, 0.3) is 11.6 Å². The Morgan fingerprint density at radius 3 is 2.42 bits per heavy atom. The molecule has 0 saturated heterocycles. The number of rotatable bonds is 6. The Morgan fingerprint density at radius 2 is 1.81 bits per heavy atom. The Morgan fingerprint density at radius 1 is 1.12 bits per heavy atom. The quantitative estimate of drug-likeness (QED) is 0.598. The molecule has 6 heteroatoms. The van der Waals surface area contributed by atoms with Gasteiger partial charge in [0.1, 0.15) is 5.75 Å². The van der Waals surface area contributed by atoms with Crippen molar-refractivity contribution in [2.45, 2.75) is 46.6 Å². The molecule has 26 heavy (non-hydrogen) atoms. The van der Waals surface area contributed by atoms with Crippen LogP contribution in [0.15, 0.2) is 36.4 Å². The highest BCUT2D eigenvalue weighted by Crippen LogP contribution is 2.29. The molecule has 2 rings (SSSR count). The minimum absolute atomic E-state index is 0.0692. The van der Waals surface area contributed by atoms with Crippen molar-refractivity contribution in [3.05, 3.63) is 63.2 Å². The zero-order valence-corrected chi connectivity index (χ0v) is 15.7. The molecule has 0 aliphatic heterocycles. The number of nitrogens with one attached hydrogen (secondary N) is 1. The SMILES string of the molecule is Cc1ccc(C(C)C)c(O[C@@H](C)C(=O)Nc2cc([N+](=O)[O-])ccc2C)c1. The standard InChI is InChI=1S/C20H24N2O4/c1-12(2)17-9-6-13(3)10-19(17)26-15(5)20(23)21-18-11-16(22(24)25)8-7-14(18)4/h6-12,15H,1-5H3,(H,21,23)/t15-/m0/s1. The van der Waals surface area contributed by atoms with E-state index in [1.54, 1.807) is 19.9 Å². The third-order valence-corrected chi connectivity index (χ3v) is 4.15. The van der Waals surface area contributed by atoms with Crippen molar-refractivity contribution in [3.8, 4) is 5.75 Å². The number of benzene rings is 2. The summed E-state index contributed by atoms with van der Waals surface area (Å²) in [5.41, 5.74) is 3.16. The number of hydrogen-bond donors (Lipinski definition) is 1. The summed E-state index contributed by atoms with van der Waals surface area (Å²) in [7, 11) is 0. The van der Waals surface area contributed by atoms with Crippen LogP contribution in [0.2, 0.25) is 0 Å². The number of anilines is 1. The lowest BCUT2D eigenvalue weighted by Gasteiger charge is -2.19. The molecule has 0 aliphatic carbocycles. The summed E-state index contributed by atoms with van der Waals surface area (Å²) in [5, 5.41) is 13.6. The van der Waals surface area contributed by atoms with Crippen LogP contribution in [-0.2, 0) is 4.79 Å². The maximum atomic E-state index is 12.5. The first kappa shape index (κ1) is 19.4. The van der Waals surface area contributed by atoms with E-state index in [2.05, 4.69) is 19.2 Å². The van der Waals surface area contributed by atoms with Crippen LogP contribution >= 0.6 is 0 Å². The predicted molar refractivity (Wildman–Crippen MR) is 102 cm³/mol. The molecule has 2 aromatic carbocycles. The largest absolute Gasteiger partial charge is 0.481 e. The zero-order valence-electron chi connectivity index (χ0n) is 15.7. The molecule has 0 bridgehead atoms. The van der Waals surface area contributed by atoms with Crippen LogP contribution in [0.3, 0.4) is 0 Å². The van der Waals surface area contributed by atoms with Gasteiger partial charge in [-0.15, -0.1) is 0 Å². The second-order valence-corrected chi connectivity index (χ2v) is 6.70. The van der Waals surface area contributed by atoms with E-state index in [9.17, 15) is 14.9 Å². The van der Waals surface area contributed by atoms with Gasteiger partial charge >= 0.3 is 0 Å². The van der Waals surface area contributed by atoms with Gasteiger partial charge in [-0.05, 0) is 49.4 Å². The molecule has 0 spiro atoms. The van der Waals surface area contributed by atoms with Crippen LogP contribution in [0.5, 0.6) is 5.75 Å². The molecule has 1 N–H and O–H groups in total. The molecule has 0 heterocycles. The highest BCUT2D eigenvalue weighted by Gasteiger charge is 2.19. The van der Waals surface area contributed by atoms with E-state index in [4.69, 9.17) is 4.74 Å². The smallest absolute Gasteiger partial charge is 0.271 e. The number of carbonyl (C=O) groups is 1. The summed E-state index contributed by atoms with van der Waals surface area (Å²) < 4.78 is 5.89. The molecule has 1 amide bonds. The number of nitro benzene ring substituents is 1. The highest BCUT2D eigenvalue weighted by atomic mass is 16.6. The molecule has 0 unspecified atom stereocenters. The van der Waals surface area contributed by atoms with Crippen molar-refractivity contribution < 1.29 is 14.5 Å². The Labute approximate surface area is 153 Å². The number of ether oxygens (including phenoxy) is 1. The minimum atomic E-state index is -0.743. The van der Waals surface area contributed by atoms with Crippen LogP contribution in [0, 0.1) is 24.0 Å². The van der Waals surface area contributed by atoms with Gasteiger partial charge in [0.2, 0.25) is 0 Å². The van der Waals surface area contributed by atoms with E-state index < -0.39 is 11.0 Å². The average molecular weight is 356 g/mol. The fourth-order valence-electron chi connectivity index (χ4n) is 2.56. The van der Waals surface area contributed by atoms with Crippen molar-refractivity contribution in [1.82, 2.24) is 0 Å². The third-order valence-electron chi connectivity index (χ3n) is 4.15. The monoisotopic (exact) mass is 356 g/mol. The molecule has 2 aromatic rings. The summed E-state index contributed by atoms with van der Waals surface area (Å²) in [6.45, 7) is 9.54. The van der Waals surface area contributed by atoms with Crippen LogP contribution in [0.1, 0.15) is 43.4 Å². The highest BCUT2D eigenvalue weighted by molar-refractivity contribution is 5.95. The molecule has 0 radical (unpaired) electrons. The molecule has 0 fully saturated rings. The molecule has 0 saturated carbocycles. The molecular weight excluding hydrogens is 332 g/mol. The lowest BCUT2D eigenvalue weighted by atomic mass is 10.0. The van der Waals surface area contributed by atoms with Gasteiger partial charge in [-0.25, -0.2) is 0 Å². The first-order valence-corrected chi connectivity index (χ1v) is 8.52. The Hall–Kier alpha value is -2.89.